The van der Waals surface area contributed by atoms with Crippen LogP contribution in [-0.4, -0.2) is 113 Å². The molecule has 3 fully saturated rings. The molecule has 186 valence electrons. The number of carbonyl (C=O) groups excluding carboxylic acids is 3. The average Bonchev–Trinajstić information content (AvgIpc) is 3.29. The Bertz CT molecular complexity index is 1000. The van der Waals surface area contributed by atoms with Crippen molar-refractivity contribution in [2.45, 2.75) is 17.7 Å². The molecule has 0 aromatic heterocycles. The van der Waals surface area contributed by atoms with Crippen molar-refractivity contribution in [1.29, 1.82) is 0 Å². The molecule has 0 bridgehead atoms. The third kappa shape index (κ3) is 5.93. The molecular weight excluding hydrogens is 462 g/mol. The highest BCUT2D eigenvalue weighted by Crippen LogP contribution is 2.22. The first-order valence-electron chi connectivity index (χ1n) is 11.6. The van der Waals surface area contributed by atoms with Crippen LogP contribution in [0.3, 0.4) is 0 Å². The van der Waals surface area contributed by atoms with Gasteiger partial charge in [-0.25, -0.2) is 13.1 Å². The monoisotopic (exact) mass is 493 g/mol. The van der Waals surface area contributed by atoms with Crippen LogP contribution in [0.5, 0.6) is 0 Å². The number of rotatable bonds is 7. The third-order valence-corrected chi connectivity index (χ3v) is 7.81. The Hall–Kier alpha value is -2.54. The molecule has 3 aliphatic heterocycles. The maximum atomic E-state index is 12.6. The van der Waals surface area contributed by atoms with Crippen molar-refractivity contribution in [1.82, 2.24) is 19.4 Å². The minimum atomic E-state index is -3.86. The molecule has 0 atom stereocenters. The number of amides is 3. The van der Waals surface area contributed by atoms with Gasteiger partial charge in [0.2, 0.25) is 27.7 Å². The van der Waals surface area contributed by atoms with Crippen LogP contribution >= 0.6 is 0 Å². The van der Waals surface area contributed by atoms with Gasteiger partial charge >= 0.3 is 0 Å². The number of anilines is 1. The number of nitrogens with zero attached hydrogens (tertiary/aromatic N) is 4. The maximum absolute atomic E-state index is 12.6. The van der Waals surface area contributed by atoms with Gasteiger partial charge in [0.05, 0.1) is 31.2 Å². The highest BCUT2D eigenvalue weighted by molar-refractivity contribution is 7.89. The number of hydrogen-bond acceptors (Lipinski definition) is 7. The smallest absolute Gasteiger partial charge is 0.241 e. The zero-order valence-corrected chi connectivity index (χ0v) is 20.0. The molecule has 1 aromatic rings. The number of ether oxygens (including phenoxy) is 1. The van der Waals surface area contributed by atoms with E-state index in [1.807, 2.05) is 4.90 Å². The number of nitrogens with one attached hydrogen (secondary N) is 1. The first-order valence-corrected chi connectivity index (χ1v) is 13.1. The van der Waals surface area contributed by atoms with Gasteiger partial charge in [-0.05, 0) is 30.7 Å². The van der Waals surface area contributed by atoms with Gasteiger partial charge in [-0.3, -0.25) is 19.3 Å². The predicted octanol–water partition coefficient (Wildman–Crippen LogP) is -0.905. The zero-order valence-electron chi connectivity index (χ0n) is 19.1. The molecule has 0 spiro atoms. The molecule has 3 aliphatic rings. The van der Waals surface area contributed by atoms with Crippen LogP contribution in [-0.2, 0) is 29.1 Å². The van der Waals surface area contributed by atoms with Crippen molar-refractivity contribution in [2.24, 2.45) is 0 Å². The summed E-state index contributed by atoms with van der Waals surface area (Å²) in [5.74, 6) is -0.206. The molecule has 1 aromatic carbocycles. The lowest BCUT2D eigenvalue weighted by Crippen LogP contribution is -2.54. The van der Waals surface area contributed by atoms with Gasteiger partial charge in [0.15, 0.2) is 0 Å². The fourth-order valence-corrected chi connectivity index (χ4v) is 5.31. The van der Waals surface area contributed by atoms with Crippen molar-refractivity contribution in [3.05, 3.63) is 24.3 Å². The van der Waals surface area contributed by atoms with Gasteiger partial charge in [0.1, 0.15) is 0 Å². The molecule has 11 nitrogen and oxygen atoms in total. The first-order chi connectivity index (χ1) is 16.3. The molecule has 1 N–H and O–H groups in total. The fourth-order valence-electron chi connectivity index (χ4n) is 4.34. The molecule has 3 amide bonds. The summed E-state index contributed by atoms with van der Waals surface area (Å²) in [6.07, 6.45) is 1.29. The Labute approximate surface area is 199 Å². The number of carbonyl (C=O) groups is 3. The summed E-state index contributed by atoms with van der Waals surface area (Å²) in [6, 6.07) is 6.10. The van der Waals surface area contributed by atoms with Crippen LogP contribution in [0.4, 0.5) is 5.69 Å². The normalized spacial score (nSPS) is 20.1. The van der Waals surface area contributed by atoms with Crippen molar-refractivity contribution < 1.29 is 27.5 Å². The first kappa shape index (κ1) is 24.6. The van der Waals surface area contributed by atoms with E-state index in [1.54, 1.807) is 26.8 Å². The van der Waals surface area contributed by atoms with Crippen LogP contribution in [0.1, 0.15) is 12.8 Å². The highest BCUT2D eigenvalue weighted by atomic mass is 32.2. The van der Waals surface area contributed by atoms with E-state index in [-0.39, 0.29) is 29.2 Å². The predicted molar refractivity (Wildman–Crippen MR) is 124 cm³/mol. The minimum absolute atomic E-state index is 0.0323. The number of sulfonamides is 1. The largest absolute Gasteiger partial charge is 0.378 e. The van der Waals surface area contributed by atoms with Crippen molar-refractivity contribution >= 4 is 33.4 Å². The van der Waals surface area contributed by atoms with Crippen molar-refractivity contribution in [2.75, 3.05) is 77.0 Å². The van der Waals surface area contributed by atoms with E-state index in [2.05, 4.69) is 4.72 Å². The molecule has 3 saturated heterocycles. The quantitative estimate of drug-likeness (QED) is 0.523. The van der Waals surface area contributed by atoms with Crippen molar-refractivity contribution in [3.63, 3.8) is 0 Å². The Morgan fingerprint density at radius 3 is 2.15 bits per heavy atom. The van der Waals surface area contributed by atoms with Gasteiger partial charge in [0, 0.05) is 57.9 Å². The number of hydrogen-bond donors (Lipinski definition) is 1. The van der Waals surface area contributed by atoms with Crippen molar-refractivity contribution in [3.8, 4) is 0 Å². The SMILES string of the molecule is O=C(CNS(=O)(=O)c1ccc(N2CCCC2=O)cc1)N1CCN(CC(=O)N2CCOCC2)CC1. The lowest BCUT2D eigenvalue weighted by molar-refractivity contribution is -0.137. The van der Waals surface area contributed by atoms with E-state index in [9.17, 15) is 22.8 Å². The summed E-state index contributed by atoms with van der Waals surface area (Å²) in [6.45, 7) is 4.95. The minimum Gasteiger partial charge on any atom is -0.378 e. The highest BCUT2D eigenvalue weighted by Gasteiger charge is 2.26. The molecule has 34 heavy (non-hydrogen) atoms. The summed E-state index contributed by atoms with van der Waals surface area (Å²) < 4.78 is 32.9. The van der Waals surface area contributed by atoms with E-state index < -0.39 is 10.0 Å². The van der Waals surface area contributed by atoms with E-state index in [0.29, 0.717) is 77.7 Å². The van der Waals surface area contributed by atoms with Crippen LogP contribution < -0.4 is 9.62 Å². The number of piperazine rings is 1. The van der Waals surface area contributed by atoms with E-state index in [0.717, 1.165) is 6.42 Å². The van der Waals surface area contributed by atoms with Crippen LogP contribution in [0.15, 0.2) is 29.2 Å². The molecule has 0 aliphatic carbocycles. The van der Waals surface area contributed by atoms with E-state index >= 15 is 0 Å². The standard InChI is InChI=1S/C22H31N5O6S/c28-20-2-1-7-27(20)18-3-5-19(6-4-18)34(31,32)23-16-21(29)25-10-8-24(9-11-25)17-22(30)26-12-14-33-15-13-26/h3-6,23H,1-2,7-17H2. The Morgan fingerprint density at radius 2 is 1.53 bits per heavy atom. The average molecular weight is 494 g/mol. The van der Waals surface area contributed by atoms with Crippen LogP contribution in [0.2, 0.25) is 0 Å². The summed E-state index contributed by atoms with van der Waals surface area (Å²) >= 11 is 0. The topological polar surface area (TPSA) is 120 Å². The second kappa shape index (κ2) is 10.8. The van der Waals surface area contributed by atoms with Gasteiger partial charge in [-0.2, -0.15) is 0 Å². The summed E-state index contributed by atoms with van der Waals surface area (Å²) in [4.78, 5) is 43.9. The summed E-state index contributed by atoms with van der Waals surface area (Å²) in [5.41, 5.74) is 0.669. The molecule has 0 unspecified atom stereocenters. The number of morpholine rings is 1. The lowest BCUT2D eigenvalue weighted by atomic mass is 10.3. The van der Waals surface area contributed by atoms with Gasteiger partial charge in [-0.15, -0.1) is 0 Å². The Morgan fingerprint density at radius 1 is 0.882 bits per heavy atom. The molecule has 3 heterocycles. The lowest BCUT2D eigenvalue weighted by Gasteiger charge is -2.36. The third-order valence-electron chi connectivity index (χ3n) is 6.39. The van der Waals surface area contributed by atoms with Gasteiger partial charge in [0.25, 0.3) is 0 Å². The number of benzene rings is 1. The molecule has 0 radical (unpaired) electrons. The van der Waals surface area contributed by atoms with E-state index in [4.69, 9.17) is 4.74 Å². The Kier molecular flexibility index (Phi) is 7.81. The molecule has 12 heteroatoms. The summed E-state index contributed by atoms with van der Waals surface area (Å²) in [7, 11) is -3.86. The molecule has 4 rings (SSSR count). The Balaban J connectivity index is 1.22. The molecular formula is C22H31N5O6S. The van der Waals surface area contributed by atoms with E-state index in [1.165, 1.54) is 12.1 Å². The van der Waals surface area contributed by atoms with Gasteiger partial charge in [-0.1, -0.05) is 0 Å². The fraction of sp³-hybridized carbons (Fsp3) is 0.591. The maximum Gasteiger partial charge on any atom is 0.241 e. The second-order valence-electron chi connectivity index (χ2n) is 8.62. The zero-order chi connectivity index (χ0) is 24.1. The van der Waals surface area contributed by atoms with Gasteiger partial charge < -0.3 is 19.4 Å². The summed E-state index contributed by atoms with van der Waals surface area (Å²) in [5, 5.41) is 0. The molecule has 0 saturated carbocycles. The van der Waals surface area contributed by atoms with Crippen LogP contribution in [0.25, 0.3) is 0 Å². The second-order valence-corrected chi connectivity index (χ2v) is 10.4. The van der Waals surface area contributed by atoms with Crippen LogP contribution in [0, 0.1) is 0 Å².